The number of carbonyl (C=O) groups excluding carboxylic acids is 1. The Morgan fingerprint density at radius 2 is 2.05 bits per heavy atom. The smallest absolute Gasteiger partial charge is 0.285 e. The maximum absolute atomic E-state index is 13.3. The number of nitrogens with zero attached hydrogens (tertiary/aromatic N) is 1. The summed E-state index contributed by atoms with van der Waals surface area (Å²) in [7, 11) is 0. The van der Waals surface area contributed by atoms with E-state index in [0.29, 0.717) is 16.8 Å². The van der Waals surface area contributed by atoms with Crippen molar-refractivity contribution in [1.82, 2.24) is 0 Å². The van der Waals surface area contributed by atoms with Crippen molar-refractivity contribution in [2.24, 2.45) is 0 Å². The SMILES string of the molecule is Nc1cc(C(=O)Nc2cccc(Cl)c2)c([N+](=O)[O-])cc1F. The fourth-order valence-corrected chi connectivity index (χ4v) is 1.87. The number of nitrogens with two attached hydrogens (primary N) is 1. The van der Waals surface area contributed by atoms with E-state index in [-0.39, 0.29) is 11.3 Å². The first-order valence-corrected chi connectivity index (χ1v) is 6.06. The highest BCUT2D eigenvalue weighted by Crippen LogP contribution is 2.25. The molecule has 1 amide bonds. The van der Waals surface area contributed by atoms with E-state index in [4.69, 9.17) is 17.3 Å². The average molecular weight is 310 g/mol. The van der Waals surface area contributed by atoms with E-state index in [2.05, 4.69) is 5.32 Å². The Labute approximate surface area is 123 Å². The molecular formula is C13H9ClFN3O3. The number of halogens is 2. The Kier molecular flexibility index (Phi) is 4.04. The number of benzene rings is 2. The summed E-state index contributed by atoms with van der Waals surface area (Å²) in [5, 5.41) is 13.7. The number of nitrogen functional groups attached to an aromatic ring is 1. The molecule has 108 valence electrons. The van der Waals surface area contributed by atoms with Gasteiger partial charge in [-0.15, -0.1) is 0 Å². The zero-order chi connectivity index (χ0) is 15.6. The van der Waals surface area contributed by atoms with Gasteiger partial charge in [0.15, 0.2) is 5.82 Å². The molecule has 6 nitrogen and oxygen atoms in total. The van der Waals surface area contributed by atoms with Crippen LogP contribution in [0.1, 0.15) is 10.4 Å². The van der Waals surface area contributed by atoms with Crippen molar-refractivity contribution in [3.8, 4) is 0 Å². The lowest BCUT2D eigenvalue weighted by Gasteiger charge is -2.07. The predicted octanol–water partition coefficient (Wildman–Crippen LogP) is 3.22. The van der Waals surface area contributed by atoms with Crippen molar-refractivity contribution in [2.75, 3.05) is 11.1 Å². The Bertz CT molecular complexity index is 737. The van der Waals surface area contributed by atoms with Crippen LogP contribution in [0, 0.1) is 15.9 Å². The lowest BCUT2D eigenvalue weighted by atomic mass is 10.1. The first-order chi connectivity index (χ1) is 9.88. The van der Waals surface area contributed by atoms with E-state index < -0.39 is 22.3 Å². The van der Waals surface area contributed by atoms with Crippen molar-refractivity contribution < 1.29 is 14.1 Å². The minimum atomic E-state index is -0.957. The molecule has 0 fully saturated rings. The number of amides is 1. The number of hydrogen-bond donors (Lipinski definition) is 2. The largest absolute Gasteiger partial charge is 0.396 e. The molecule has 0 aliphatic rings. The third kappa shape index (κ3) is 3.26. The lowest BCUT2D eigenvalue weighted by Crippen LogP contribution is -2.15. The van der Waals surface area contributed by atoms with Gasteiger partial charge in [0, 0.05) is 10.7 Å². The highest BCUT2D eigenvalue weighted by atomic mass is 35.5. The van der Waals surface area contributed by atoms with E-state index in [1.165, 1.54) is 6.07 Å². The topological polar surface area (TPSA) is 98.3 Å². The Morgan fingerprint density at radius 3 is 2.67 bits per heavy atom. The maximum atomic E-state index is 13.3. The van der Waals surface area contributed by atoms with Gasteiger partial charge in [0.25, 0.3) is 11.6 Å². The van der Waals surface area contributed by atoms with Gasteiger partial charge in [0.1, 0.15) is 5.56 Å². The summed E-state index contributed by atoms with van der Waals surface area (Å²) < 4.78 is 13.3. The van der Waals surface area contributed by atoms with Gasteiger partial charge >= 0.3 is 0 Å². The molecule has 2 rings (SSSR count). The summed E-state index contributed by atoms with van der Waals surface area (Å²) >= 11 is 5.77. The van der Waals surface area contributed by atoms with E-state index in [1.54, 1.807) is 18.2 Å². The van der Waals surface area contributed by atoms with Gasteiger partial charge in [-0.2, -0.15) is 0 Å². The van der Waals surface area contributed by atoms with Crippen LogP contribution in [0.5, 0.6) is 0 Å². The third-order valence-corrected chi connectivity index (χ3v) is 2.87. The summed E-state index contributed by atoms with van der Waals surface area (Å²) in [6, 6.07) is 7.77. The minimum Gasteiger partial charge on any atom is -0.396 e. The van der Waals surface area contributed by atoms with Crippen LogP contribution in [-0.4, -0.2) is 10.8 Å². The van der Waals surface area contributed by atoms with E-state index in [0.717, 1.165) is 6.07 Å². The molecule has 0 aliphatic heterocycles. The molecule has 0 bridgehead atoms. The zero-order valence-electron chi connectivity index (χ0n) is 10.5. The number of hydrogen-bond acceptors (Lipinski definition) is 4. The summed E-state index contributed by atoms with van der Waals surface area (Å²) in [5.41, 5.74) is 4.35. The quantitative estimate of drug-likeness (QED) is 0.516. The zero-order valence-corrected chi connectivity index (χ0v) is 11.2. The molecule has 8 heteroatoms. The monoisotopic (exact) mass is 309 g/mol. The molecule has 0 saturated carbocycles. The fraction of sp³-hybridized carbons (Fsp3) is 0. The molecule has 0 aliphatic carbocycles. The summed E-state index contributed by atoms with van der Waals surface area (Å²) in [6.07, 6.45) is 0. The van der Waals surface area contributed by atoms with Crippen molar-refractivity contribution in [1.29, 1.82) is 0 Å². The van der Waals surface area contributed by atoms with Gasteiger partial charge in [0.05, 0.1) is 16.7 Å². The molecule has 0 spiro atoms. The number of anilines is 2. The molecule has 0 unspecified atom stereocenters. The number of nitro benzene ring substituents is 1. The molecule has 2 aromatic rings. The van der Waals surface area contributed by atoms with Gasteiger partial charge in [-0.1, -0.05) is 17.7 Å². The molecule has 0 saturated heterocycles. The van der Waals surface area contributed by atoms with Crippen LogP contribution in [0.3, 0.4) is 0 Å². The Morgan fingerprint density at radius 1 is 1.33 bits per heavy atom. The molecule has 21 heavy (non-hydrogen) atoms. The molecule has 0 aromatic heterocycles. The van der Waals surface area contributed by atoms with Crippen LogP contribution >= 0.6 is 11.6 Å². The van der Waals surface area contributed by atoms with Crippen molar-refractivity contribution in [3.05, 3.63) is 62.9 Å². The highest BCUT2D eigenvalue weighted by molar-refractivity contribution is 6.31. The summed E-state index contributed by atoms with van der Waals surface area (Å²) in [5.74, 6) is -1.74. The summed E-state index contributed by atoms with van der Waals surface area (Å²) in [6.45, 7) is 0. The van der Waals surface area contributed by atoms with Crippen LogP contribution < -0.4 is 11.1 Å². The van der Waals surface area contributed by atoms with E-state index >= 15 is 0 Å². The van der Waals surface area contributed by atoms with Crippen LogP contribution in [0.2, 0.25) is 5.02 Å². The molecule has 2 aromatic carbocycles. The van der Waals surface area contributed by atoms with Crippen LogP contribution in [0.25, 0.3) is 0 Å². The second kappa shape index (κ2) is 5.76. The van der Waals surface area contributed by atoms with Gasteiger partial charge in [-0.3, -0.25) is 14.9 Å². The predicted molar refractivity (Wildman–Crippen MR) is 76.9 cm³/mol. The molecule has 0 atom stereocenters. The van der Waals surface area contributed by atoms with Crippen molar-refractivity contribution in [3.63, 3.8) is 0 Å². The number of nitro groups is 1. The number of carbonyl (C=O) groups is 1. The molecule has 0 radical (unpaired) electrons. The van der Waals surface area contributed by atoms with Gasteiger partial charge in [-0.25, -0.2) is 4.39 Å². The Balaban J connectivity index is 2.39. The van der Waals surface area contributed by atoms with Crippen LogP contribution in [0.4, 0.5) is 21.5 Å². The van der Waals surface area contributed by atoms with Crippen molar-refractivity contribution in [2.45, 2.75) is 0 Å². The van der Waals surface area contributed by atoms with E-state index in [9.17, 15) is 19.3 Å². The third-order valence-electron chi connectivity index (χ3n) is 2.64. The van der Waals surface area contributed by atoms with Crippen LogP contribution in [-0.2, 0) is 0 Å². The van der Waals surface area contributed by atoms with Crippen LogP contribution in [0.15, 0.2) is 36.4 Å². The molecular weight excluding hydrogens is 301 g/mol. The van der Waals surface area contributed by atoms with Gasteiger partial charge in [-0.05, 0) is 24.3 Å². The standard InChI is InChI=1S/C13H9ClFN3O3/c14-7-2-1-3-8(4-7)17-13(19)9-5-11(16)10(15)6-12(9)18(20)21/h1-6H,16H2,(H,17,19). The first-order valence-electron chi connectivity index (χ1n) is 5.69. The highest BCUT2D eigenvalue weighted by Gasteiger charge is 2.23. The fourth-order valence-electron chi connectivity index (χ4n) is 1.68. The lowest BCUT2D eigenvalue weighted by molar-refractivity contribution is -0.385. The Hall–Kier alpha value is -2.67. The minimum absolute atomic E-state index is 0.334. The maximum Gasteiger partial charge on any atom is 0.285 e. The second-order valence-corrected chi connectivity index (χ2v) is 4.55. The number of nitrogens with one attached hydrogen (secondary N) is 1. The molecule has 0 heterocycles. The van der Waals surface area contributed by atoms with Crippen molar-refractivity contribution >= 4 is 34.6 Å². The van der Waals surface area contributed by atoms with Gasteiger partial charge < -0.3 is 11.1 Å². The summed E-state index contributed by atoms with van der Waals surface area (Å²) in [4.78, 5) is 22.1. The van der Waals surface area contributed by atoms with E-state index in [1.807, 2.05) is 0 Å². The second-order valence-electron chi connectivity index (χ2n) is 4.11. The first kappa shape index (κ1) is 14.7. The normalized spacial score (nSPS) is 10.2. The molecule has 3 N–H and O–H groups in total. The average Bonchev–Trinajstić information content (AvgIpc) is 2.41. The number of rotatable bonds is 3. The van der Waals surface area contributed by atoms with Gasteiger partial charge in [0.2, 0.25) is 0 Å².